The molecule has 6 heteroatoms. The van der Waals surface area contributed by atoms with E-state index >= 15 is 0 Å². The van der Waals surface area contributed by atoms with Crippen LogP contribution in [-0.4, -0.2) is 29.3 Å². The molecule has 1 spiro atoms. The molecule has 4 aromatic rings. The Kier molecular flexibility index (Phi) is 5.91. The van der Waals surface area contributed by atoms with Crippen LogP contribution in [0.5, 0.6) is 0 Å². The number of ketones is 1. The molecule has 1 aliphatic heterocycles. The normalized spacial score (nSPS) is 23.0. The zero-order valence-corrected chi connectivity index (χ0v) is 21.8. The highest BCUT2D eigenvalue weighted by atomic mass is 16.5. The molecule has 1 aromatic heterocycles. The summed E-state index contributed by atoms with van der Waals surface area (Å²) in [4.78, 5) is 49.3. The van der Waals surface area contributed by atoms with E-state index in [0.717, 1.165) is 11.1 Å². The van der Waals surface area contributed by atoms with Gasteiger partial charge in [0.15, 0.2) is 5.78 Å². The van der Waals surface area contributed by atoms with Crippen molar-refractivity contribution >= 4 is 23.3 Å². The number of carbonyl (C=O) groups excluding carboxylic acids is 3. The van der Waals surface area contributed by atoms with Crippen molar-refractivity contribution in [3.05, 3.63) is 131 Å². The summed E-state index contributed by atoms with van der Waals surface area (Å²) in [6.07, 6.45) is 1.55. The molecule has 39 heavy (non-hydrogen) atoms. The Bertz CT molecular complexity index is 1570. The van der Waals surface area contributed by atoms with Gasteiger partial charge in [-0.3, -0.25) is 19.4 Å². The Balaban J connectivity index is 1.62. The monoisotopic (exact) mass is 516 g/mol. The van der Waals surface area contributed by atoms with Crippen LogP contribution >= 0.6 is 0 Å². The van der Waals surface area contributed by atoms with Crippen molar-refractivity contribution < 1.29 is 19.1 Å². The highest BCUT2D eigenvalue weighted by molar-refractivity contribution is 6.24. The predicted molar refractivity (Wildman–Crippen MR) is 147 cm³/mol. The third-order valence-corrected chi connectivity index (χ3v) is 8.07. The smallest absolute Gasteiger partial charge is 0.318 e. The van der Waals surface area contributed by atoms with Gasteiger partial charge in [0.05, 0.1) is 19.1 Å². The van der Waals surface area contributed by atoms with E-state index in [1.54, 1.807) is 36.2 Å². The van der Waals surface area contributed by atoms with Gasteiger partial charge in [0, 0.05) is 11.9 Å². The van der Waals surface area contributed by atoms with Crippen LogP contribution in [0.4, 0.5) is 5.69 Å². The molecule has 6 nitrogen and oxygen atoms in total. The van der Waals surface area contributed by atoms with Gasteiger partial charge in [-0.1, -0.05) is 84.4 Å². The number of hydrogen-bond acceptors (Lipinski definition) is 5. The first kappa shape index (κ1) is 24.7. The van der Waals surface area contributed by atoms with E-state index in [2.05, 4.69) is 4.98 Å². The Morgan fingerprint density at radius 3 is 2.28 bits per heavy atom. The Morgan fingerprint density at radius 2 is 1.59 bits per heavy atom. The van der Waals surface area contributed by atoms with Crippen molar-refractivity contribution in [2.75, 3.05) is 11.5 Å². The topological polar surface area (TPSA) is 76.6 Å². The average Bonchev–Trinajstić information content (AvgIpc) is 3.55. The van der Waals surface area contributed by atoms with E-state index in [-0.39, 0.29) is 24.0 Å². The van der Waals surface area contributed by atoms with Crippen molar-refractivity contribution in [3.63, 3.8) is 0 Å². The van der Waals surface area contributed by atoms with Gasteiger partial charge in [-0.05, 0) is 48.7 Å². The standard InChI is InChI=1S/C33H28N2O4/c1-3-39-31(38)32(24-18-16-22(2)17-19-24)29(28(36)26-14-9-10-20-34-26)33(32)25-13-7-8-15-27(25)35(30(33)37)21-23-11-5-4-6-12-23/h4-20,29H,3,21H2,1-2H3/t29-,32+,33?/m1/s1. The largest absolute Gasteiger partial charge is 0.465 e. The maximum absolute atomic E-state index is 14.8. The molecule has 3 atom stereocenters. The molecule has 0 radical (unpaired) electrons. The molecule has 1 saturated carbocycles. The third kappa shape index (κ3) is 3.41. The number of fused-ring (bicyclic) bond motifs is 2. The van der Waals surface area contributed by atoms with Crippen LogP contribution in [0.15, 0.2) is 103 Å². The maximum atomic E-state index is 14.8. The zero-order valence-electron chi connectivity index (χ0n) is 21.8. The summed E-state index contributed by atoms with van der Waals surface area (Å²) in [5.74, 6) is -2.23. The van der Waals surface area contributed by atoms with Crippen molar-refractivity contribution in [2.24, 2.45) is 5.92 Å². The highest BCUT2D eigenvalue weighted by Crippen LogP contribution is 2.75. The number of Topliss-reactive ketones (excluding diaryl/α,β-unsaturated/α-hetero) is 1. The fraction of sp³-hybridized carbons (Fsp3) is 0.212. The summed E-state index contributed by atoms with van der Waals surface area (Å²) in [6, 6.07) is 29.8. The Morgan fingerprint density at radius 1 is 0.897 bits per heavy atom. The molecule has 3 aromatic carbocycles. The van der Waals surface area contributed by atoms with E-state index < -0.39 is 22.7 Å². The van der Waals surface area contributed by atoms with Crippen molar-refractivity contribution in [3.8, 4) is 0 Å². The van der Waals surface area contributed by atoms with Crippen molar-refractivity contribution in [2.45, 2.75) is 31.2 Å². The van der Waals surface area contributed by atoms with E-state index in [4.69, 9.17) is 4.74 Å². The van der Waals surface area contributed by atoms with Gasteiger partial charge in [0.2, 0.25) is 5.91 Å². The SMILES string of the molecule is CCOC(=O)[C@]1(c2ccc(C)cc2)[C@@H](C(=O)c2ccccn2)C12C(=O)N(Cc1ccccc1)c1ccccc12. The minimum absolute atomic E-state index is 0.122. The number of rotatable bonds is 7. The molecule has 1 amide bonds. The lowest BCUT2D eigenvalue weighted by Gasteiger charge is -2.22. The first-order chi connectivity index (χ1) is 19.0. The zero-order chi connectivity index (χ0) is 27.2. The molecule has 1 fully saturated rings. The third-order valence-electron chi connectivity index (χ3n) is 8.07. The number of ether oxygens (including phenoxy) is 1. The first-order valence-corrected chi connectivity index (χ1v) is 13.1. The second kappa shape index (κ2) is 9.31. The number of aromatic nitrogens is 1. The number of para-hydroxylation sites is 1. The van der Waals surface area contributed by atoms with Crippen LogP contribution in [0, 0.1) is 12.8 Å². The minimum Gasteiger partial charge on any atom is -0.465 e. The van der Waals surface area contributed by atoms with Crippen LogP contribution in [-0.2, 0) is 31.7 Å². The average molecular weight is 517 g/mol. The van der Waals surface area contributed by atoms with Crippen LogP contribution in [0.2, 0.25) is 0 Å². The van der Waals surface area contributed by atoms with Gasteiger partial charge < -0.3 is 9.64 Å². The lowest BCUT2D eigenvalue weighted by molar-refractivity contribution is -0.148. The van der Waals surface area contributed by atoms with E-state index in [1.807, 2.05) is 85.8 Å². The van der Waals surface area contributed by atoms with Gasteiger partial charge >= 0.3 is 5.97 Å². The summed E-state index contributed by atoms with van der Waals surface area (Å²) in [5.41, 5.74) is 1.11. The molecule has 1 aliphatic carbocycles. The van der Waals surface area contributed by atoms with Crippen LogP contribution in [0.3, 0.4) is 0 Å². The minimum atomic E-state index is -1.54. The summed E-state index contributed by atoms with van der Waals surface area (Å²) in [7, 11) is 0. The van der Waals surface area contributed by atoms with Crippen molar-refractivity contribution in [1.29, 1.82) is 0 Å². The van der Waals surface area contributed by atoms with Gasteiger partial charge in [0.1, 0.15) is 16.5 Å². The predicted octanol–water partition coefficient (Wildman–Crippen LogP) is 5.19. The molecule has 0 bridgehead atoms. The molecule has 2 aliphatic rings. The number of benzene rings is 3. The molecule has 194 valence electrons. The van der Waals surface area contributed by atoms with Crippen LogP contribution < -0.4 is 4.90 Å². The van der Waals surface area contributed by atoms with Gasteiger partial charge in [-0.25, -0.2) is 0 Å². The summed E-state index contributed by atoms with van der Waals surface area (Å²) < 4.78 is 5.69. The van der Waals surface area contributed by atoms with E-state index in [9.17, 15) is 14.4 Å². The summed E-state index contributed by atoms with van der Waals surface area (Å²) in [6.45, 7) is 4.13. The molecule has 0 saturated heterocycles. The van der Waals surface area contributed by atoms with Gasteiger partial charge in [0.25, 0.3) is 0 Å². The summed E-state index contributed by atoms with van der Waals surface area (Å²) in [5, 5.41) is 0. The highest BCUT2D eigenvalue weighted by Gasteiger charge is 2.90. The van der Waals surface area contributed by atoms with E-state index in [0.29, 0.717) is 23.4 Å². The number of aryl methyl sites for hydroxylation is 1. The second-order valence-corrected chi connectivity index (χ2v) is 10.1. The Labute approximate surface area is 227 Å². The molecule has 1 unspecified atom stereocenters. The maximum Gasteiger partial charge on any atom is 0.318 e. The van der Waals surface area contributed by atoms with Crippen LogP contribution in [0.1, 0.15) is 39.7 Å². The lowest BCUT2D eigenvalue weighted by atomic mass is 9.82. The Hall–Kier alpha value is -4.58. The van der Waals surface area contributed by atoms with E-state index in [1.165, 1.54) is 0 Å². The number of pyridine rings is 1. The quantitative estimate of drug-likeness (QED) is 0.250. The fourth-order valence-electron chi connectivity index (χ4n) is 6.44. The summed E-state index contributed by atoms with van der Waals surface area (Å²) >= 11 is 0. The van der Waals surface area contributed by atoms with Gasteiger partial charge in [-0.15, -0.1) is 0 Å². The number of nitrogens with zero attached hydrogens (tertiary/aromatic N) is 2. The first-order valence-electron chi connectivity index (χ1n) is 13.1. The number of hydrogen-bond donors (Lipinski definition) is 0. The molecular weight excluding hydrogens is 488 g/mol. The molecule has 2 heterocycles. The van der Waals surface area contributed by atoms with Crippen molar-refractivity contribution in [1.82, 2.24) is 4.98 Å². The number of esters is 1. The molecular formula is C33H28N2O4. The number of amides is 1. The fourth-order valence-corrected chi connectivity index (χ4v) is 6.44. The number of anilines is 1. The second-order valence-electron chi connectivity index (χ2n) is 10.1. The molecule has 6 rings (SSSR count). The number of carbonyl (C=O) groups is 3. The van der Waals surface area contributed by atoms with Gasteiger partial charge in [-0.2, -0.15) is 0 Å². The van der Waals surface area contributed by atoms with Crippen LogP contribution in [0.25, 0.3) is 0 Å². The lowest BCUT2D eigenvalue weighted by Crippen LogP contribution is -2.40. The molecule has 0 N–H and O–H groups in total.